The Labute approximate surface area is 87.1 Å². The van der Waals surface area contributed by atoms with Gasteiger partial charge in [0, 0.05) is 26.4 Å². The maximum Gasteiger partial charge on any atom is 0.0738 e. The van der Waals surface area contributed by atoms with Gasteiger partial charge in [0.2, 0.25) is 0 Å². The Morgan fingerprint density at radius 3 is 2.50 bits per heavy atom. The van der Waals surface area contributed by atoms with Gasteiger partial charge in [-0.05, 0) is 26.2 Å². The summed E-state index contributed by atoms with van der Waals surface area (Å²) in [5, 5.41) is 0. The third-order valence-corrected chi connectivity index (χ3v) is 2.31. The van der Waals surface area contributed by atoms with Crippen LogP contribution in [-0.4, -0.2) is 32.5 Å². The molecule has 0 saturated heterocycles. The van der Waals surface area contributed by atoms with Gasteiger partial charge in [-0.25, -0.2) is 0 Å². The molecule has 0 amide bonds. The maximum atomic E-state index is 5.59. The highest BCUT2D eigenvalue weighted by atomic mass is 16.5. The van der Waals surface area contributed by atoms with Crippen molar-refractivity contribution >= 4 is 0 Å². The van der Waals surface area contributed by atoms with Crippen molar-refractivity contribution in [2.24, 2.45) is 5.84 Å². The van der Waals surface area contributed by atoms with Crippen LogP contribution in [0, 0.1) is 0 Å². The summed E-state index contributed by atoms with van der Waals surface area (Å²) in [7, 11) is 1.71. The van der Waals surface area contributed by atoms with Gasteiger partial charge in [-0.15, -0.1) is 0 Å². The van der Waals surface area contributed by atoms with Gasteiger partial charge < -0.3 is 9.47 Å². The third-order valence-electron chi connectivity index (χ3n) is 2.31. The summed E-state index contributed by atoms with van der Waals surface area (Å²) in [4.78, 5) is 0. The summed E-state index contributed by atoms with van der Waals surface area (Å²) in [6, 6.07) is 0.232. The van der Waals surface area contributed by atoms with Gasteiger partial charge in [0.15, 0.2) is 0 Å². The van der Waals surface area contributed by atoms with E-state index in [1.807, 2.05) is 6.92 Å². The molecule has 3 N–H and O–H groups in total. The molecule has 14 heavy (non-hydrogen) atoms. The van der Waals surface area contributed by atoms with E-state index in [1.54, 1.807) is 7.11 Å². The van der Waals surface area contributed by atoms with Gasteiger partial charge in [-0.3, -0.25) is 11.3 Å². The number of hydrazine groups is 1. The molecule has 0 fully saturated rings. The normalized spacial score (nSPS) is 15.4. The van der Waals surface area contributed by atoms with Crippen molar-refractivity contribution < 1.29 is 9.47 Å². The lowest BCUT2D eigenvalue weighted by atomic mass is 10.0. The standard InChI is InChI=1S/C10H24N2O2/c1-4-10(14-5-2)9(12-11)7-6-8-13-3/h9-10,12H,4-8,11H2,1-3H3. The summed E-state index contributed by atoms with van der Waals surface area (Å²) in [6.45, 7) is 5.63. The summed E-state index contributed by atoms with van der Waals surface area (Å²) >= 11 is 0. The number of hydrogen-bond donors (Lipinski definition) is 2. The summed E-state index contributed by atoms with van der Waals surface area (Å²) in [6.07, 6.45) is 3.19. The Kier molecular flexibility index (Phi) is 9.29. The van der Waals surface area contributed by atoms with Crippen molar-refractivity contribution in [2.45, 2.75) is 45.3 Å². The first kappa shape index (κ1) is 13.8. The van der Waals surface area contributed by atoms with Gasteiger partial charge in [0.05, 0.1) is 6.10 Å². The van der Waals surface area contributed by atoms with Gasteiger partial charge in [0.1, 0.15) is 0 Å². The first-order valence-electron chi connectivity index (χ1n) is 5.36. The van der Waals surface area contributed by atoms with E-state index in [-0.39, 0.29) is 12.1 Å². The number of rotatable bonds is 9. The molecule has 0 aromatic heterocycles. The number of methoxy groups -OCH3 is 1. The topological polar surface area (TPSA) is 56.5 Å². The van der Waals surface area contributed by atoms with Crippen LogP contribution in [0.2, 0.25) is 0 Å². The van der Waals surface area contributed by atoms with Crippen LogP contribution in [0.15, 0.2) is 0 Å². The number of nitrogens with two attached hydrogens (primary N) is 1. The van der Waals surface area contributed by atoms with E-state index in [9.17, 15) is 0 Å². The Morgan fingerprint density at radius 2 is 2.07 bits per heavy atom. The molecule has 0 saturated carbocycles. The predicted molar refractivity (Wildman–Crippen MR) is 57.9 cm³/mol. The van der Waals surface area contributed by atoms with Crippen molar-refractivity contribution in [1.82, 2.24) is 5.43 Å². The molecular weight excluding hydrogens is 180 g/mol. The lowest BCUT2D eigenvalue weighted by Crippen LogP contribution is -2.45. The fourth-order valence-electron chi connectivity index (χ4n) is 1.56. The molecule has 0 spiro atoms. The quantitative estimate of drug-likeness (QED) is 0.335. The number of nitrogens with one attached hydrogen (secondary N) is 1. The van der Waals surface area contributed by atoms with E-state index in [4.69, 9.17) is 15.3 Å². The second-order valence-corrected chi connectivity index (χ2v) is 3.31. The summed E-state index contributed by atoms with van der Waals surface area (Å²) in [5.74, 6) is 5.49. The van der Waals surface area contributed by atoms with Crippen molar-refractivity contribution in [3.05, 3.63) is 0 Å². The minimum absolute atomic E-state index is 0.210. The van der Waals surface area contributed by atoms with Crippen LogP contribution in [-0.2, 0) is 9.47 Å². The molecule has 86 valence electrons. The zero-order valence-electron chi connectivity index (χ0n) is 9.58. The van der Waals surface area contributed by atoms with Crippen LogP contribution in [0.1, 0.15) is 33.1 Å². The SMILES string of the molecule is CCOC(CC)C(CCCOC)NN. The van der Waals surface area contributed by atoms with E-state index >= 15 is 0 Å². The van der Waals surface area contributed by atoms with Crippen molar-refractivity contribution in [3.63, 3.8) is 0 Å². The summed E-state index contributed by atoms with van der Waals surface area (Å²) in [5.41, 5.74) is 2.82. The molecule has 4 nitrogen and oxygen atoms in total. The smallest absolute Gasteiger partial charge is 0.0738 e. The molecule has 2 unspecified atom stereocenters. The van der Waals surface area contributed by atoms with Gasteiger partial charge in [-0.2, -0.15) is 0 Å². The Morgan fingerprint density at radius 1 is 1.36 bits per heavy atom. The molecule has 0 aliphatic carbocycles. The molecular formula is C10H24N2O2. The lowest BCUT2D eigenvalue weighted by molar-refractivity contribution is 0.0273. The lowest BCUT2D eigenvalue weighted by Gasteiger charge is -2.25. The van der Waals surface area contributed by atoms with Gasteiger partial charge in [-0.1, -0.05) is 6.92 Å². The first-order valence-corrected chi connectivity index (χ1v) is 5.36. The Hall–Kier alpha value is -0.160. The second kappa shape index (κ2) is 9.40. The molecule has 0 rings (SSSR count). The number of hydrogen-bond acceptors (Lipinski definition) is 4. The Balaban J connectivity index is 3.81. The molecule has 2 atom stereocenters. The van der Waals surface area contributed by atoms with Gasteiger partial charge >= 0.3 is 0 Å². The van der Waals surface area contributed by atoms with Crippen LogP contribution in [0.4, 0.5) is 0 Å². The summed E-state index contributed by atoms with van der Waals surface area (Å²) < 4.78 is 10.6. The highest BCUT2D eigenvalue weighted by molar-refractivity contribution is 4.73. The minimum Gasteiger partial charge on any atom is -0.385 e. The average molecular weight is 204 g/mol. The van der Waals surface area contributed by atoms with Crippen molar-refractivity contribution in [3.8, 4) is 0 Å². The fraction of sp³-hybridized carbons (Fsp3) is 1.00. The highest BCUT2D eigenvalue weighted by Crippen LogP contribution is 2.09. The minimum atomic E-state index is 0.210. The van der Waals surface area contributed by atoms with E-state index in [0.29, 0.717) is 0 Å². The molecule has 0 aliphatic rings. The Bertz CT molecular complexity index is 123. The maximum absolute atomic E-state index is 5.59. The zero-order chi connectivity index (χ0) is 10.8. The third kappa shape index (κ3) is 5.54. The van der Waals surface area contributed by atoms with Crippen molar-refractivity contribution in [2.75, 3.05) is 20.3 Å². The largest absolute Gasteiger partial charge is 0.385 e. The van der Waals surface area contributed by atoms with Crippen LogP contribution in [0.25, 0.3) is 0 Å². The van der Waals surface area contributed by atoms with E-state index < -0.39 is 0 Å². The molecule has 0 aromatic rings. The fourth-order valence-corrected chi connectivity index (χ4v) is 1.56. The monoisotopic (exact) mass is 204 g/mol. The highest BCUT2D eigenvalue weighted by Gasteiger charge is 2.18. The van der Waals surface area contributed by atoms with Crippen molar-refractivity contribution in [1.29, 1.82) is 0 Å². The van der Waals surface area contributed by atoms with Crippen LogP contribution in [0.3, 0.4) is 0 Å². The first-order chi connectivity index (χ1) is 6.79. The zero-order valence-corrected chi connectivity index (χ0v) is 9.58. The average Bonchev–Trinajstić information content (AvgIpc) is 2.22. The molecule has 0 radical (unpaired) electrons. The van der Waals surface area contributed by atoms with E-state index in [1.165, 1.54) is 0 Å². The molecule has 0 aliphatic heterocycles. The van der Waals surface area contributed by atoms with Crippen LogP contribution in [0.5, 0.6) is 0 Å². The second-order valence-electron chi connectivity index (χ2n) is 3.31. The predicted octanol–water partition coefficient (Wildman–Crippen LogP) is 1.06. The molecule has 0 heterocycles. The number of ether oxygens (including phenoxy) is 2. The van der Waals surface area contributed by atoms with Crippen LogP contribution < -0.4 is 11.3 Å². The molecule has 0 bridgehead atoms. The molecule has 0 aromatic carbocycles. The van der Waals surface area contributed by atoms with E-state index in [0.717, 1.165) is 32.5 Å². The van der Waals surface area contributed by atoms with Gasteiger partial charge in [0.25, 0.3) is 0 Å². The van der Waals surface area contributed by atoms with E-state index in [2.05, 4.69) is 12.3 Å². The molecule has 4 heteroatoms. The van der Waals surface area contributed by atoms with Crippen LogP contribution >= 0.6 is 0 Å².